The first-order valence-corrected chi connectivity index (χ1v) is 11.9. The molecule has 2 N–H and O–H groups in total. The van der Waals surface area contributed by atoms with E-state index >= 15 is 0 Å². The molecule has 9 heteroatoms. The molecule has 4 rings (SSSR count). The average Bonchev–Trinajstić information content (AvgIpc) is 2.91. The van der Waals surface area contributed by atoms with Crippen LogP contribution in [-0.4, -0.2) is 42.3 Å². The summed E-state index contributed by atoms with van der Waals surface area (Å²) in [7, 11) is 1.54. The van der Waals surface area contributed by atoms with Crippen LogP contribution in [0.2, 0.25) is 0 Å². The lowest BCUT2D eigenvalue weighted by Gasteiger charge is -2.26. The Morgan fingerprint density at radius 3 is 2.42 bits per heavy atom. The second-order valence-corrected chi connectivity index (χ2v) is 8.58. The number of carbonyl (C=O) groups excluding carboxylic acids is 4. The van der Waals surface area contributed by atoms with Gasteiger partial charge in [-0.15, -0.1) is 0 Å². The Bertz CT molecular complexity index is 1380. The molecule has 0 saturated carbocycles. The molecule has 0 bridgehead atoms. The van der Waals surface area contributed by atoms with Crippen LogP contribution in [0.25, 0.3) is 6.08 Å². The van der Waals surface area contributed by atoms with Gasteiger partial charge in [-0.05, 0) is 60.0 Å². The number of benzene rings is 3. The molecule has 1 heterocycles. The van der Waals surface area contributed by atoms with E-state index in [2.05, 4.69) is 10.6 Å². The SMILES string of the molecule is COc1ccc(/C=C2\C(=O)NC(=O)N(CCc3ccccc3)C2=O)cc1COc1ccc(NC(C)=O)cc1. The Hall–Kier alpha value is -4.92. The summed E-state index contributed by atoms with van der Waals surface area (Å²) in [6, 6.07) is 20.8. The van der Waals surface area contributed by atoms with Gasteiger partial charge in [0.15, 0.2) is 0 Å². The van der Waals surface area contributed by atoms with Gasteiger partial charge in [-0.1, -0.05) is 36.4 Å². The zero-order valence-corrected chi connectivity index (χ0v) is 21.0. The summed E-state index contributed by atoms with van der Waals surface area (Å²) in [5.41, 5.74) is 2.75. The lowest BCUT2D eigenvalue weighted by molar-refractivity contribution is -0.130. The van der Waals surface area contributed by atoms with Crippen molar-refractivity contribution in [2.45, 2.75) is 20.0 Å². The highest BCUT2D eigenvalue weighted by Gasteiger charge is 2.35. The molecule has 0 aliphatic carbocycles. The fourth-order valence-electron chi connectivity index (χ4n) is 3.95. The van der Waals surface area contributed by atoms with Gasteiger partial charge in [-0.25, -0.2) is 4.79 Å². The first kappa shape index (κ1) is 26.2. The van der Waals surface area contributed by atoms with E-state index in [0.29, 0.717) is 34.7 Å². The highest BCUT2D eigenvalue weighted by Crippen LogP contribution is 2.25. The maximum absolute atomic E-state index is 13.1. The number of ether oxygens (including phenoxy) is 2. The van der Waals surface area contributed by atoms with Crippen molar-refractivity contribution < 1.29 is 28.7 Å². The highest BCUT2D eigenvalue weighted by molar-refractivity contribution is 6.31. The number of anilines is 1. The van der Waals surface area contributed by atoms with Crippen LogP contribution in [0.15, 0.2) is 78.4 Å². The molecule has 1 saturated heterocycles. The predicted molar refractivity (Wildman–Crippen MR) is 141 cm³/mol. The first-order chi connectivity index (χ1) is 18.3. The Morgan fingerprint density at radius 2 is 1.74 bits per heavy atom. The lowest BCUT2D eigenvalue weighted by Crippen LogP contribution is -2.54. The smallest absolute Gasteiger partial charge is 0.331 e. The van der Waals surface area contributed by atoms with Crippen LogP contribution in [0.4, 0.5) is 10.5 Å². The number of rotatable bonds is 9. The Morgan fingerprint density at radius 1 is 1.00 bits per heavy atom. The zero-order chi connectivity index (χ0) is 27.1. The van der Waals surface area contributed by atoms with Gasteiger partial charge >= 0.3 is 6.03 Å². The number of hydrogen-bond donors (Lipinski definition) is 2. The molecule has 0 aromatic heterocycles. The first-order valence-electron chi connectivity index (χ1n) is 11.9. The number of nitrogens with one attached hydrogen (secondary N) is 2. The van der Waals surface area contributed by atoms with Crippen molar-refractivity contribution in [2.24, 2.45) is 0 Å². The number of carbonyl (C=O) groups is 4. The van der Waals surface area contributed by atoms with Crippen molar-refractivity contribution in [1.82, 2.24) is 10.2 Å². The quantitative estimate of drug-likeness (QED) is 0.331. The number of amides is 5. The van der Waals surface area contributed by atoms with E-state index in [0.717, 1.165) is 10.5 Å². The summed E-state index contributed by atoms with van der Waals surface area (Å²) >= 11 is 0. The van der Waals surface area contributed by atoms with Crippen LogP contribution in [0.1, 0.15) is 23.6 Å². The molecule has 38 heavy (non-hydrogen) atoms. The lowest BCUT2D eigenvalue weighted by atomic mass is 10.0. The molecular weight excluding hydrogens is 486 g/mol. The number of barbiturate groups is 1. The normalized spacial score (nSPS) is 14.3. The van der Waals surface area contributed by atoms with Crippen LogP contribution in [0.5, 0.6) is 11.5 Å². The van der Waals surface area contributed by atoms with Crippen molar-refractivity contribution in [1.29, 1.82) is 0 Å². The summed E-state index contributed by atoms with van der Waals surface area (Å²) in [6.45, 7) is 1.73. The number of nitrogens with zero attached hydrogens (tertiary/aromatic N) is 1. The largest absolute Gasteiger partial charge is 0.496 e. The fraction of sp³-hybridized carbons (Fsp3) is 0.172. The third-order valence-corrected chi connectivity index (χ3v) is 5.84. The van der Waals surface area contributed by atoms with E-state index in [1.807, 2.05) is 30.3 Å². The van der Waals surface area contributed by atoms with Crippen molar-refractivity contribution in [3.8, 4) is 11.5 Å². The number of urea groups is 1. The van der Waals surface area contributed by atoms with E-state index in [4.69, 9.17) is 9.47 Å². The molecule has 0 spiro atoms. The van der Waals surface area contributed by atoms with E-state index < -0.39 is 17.8 Å². The minimum Gasteiger partial charge on any atom is -0.496 e. The molecule has 1 aliphatic heterocycles. The van der Waals surface area contributed by atoms with Crippen molar-refractivity contribution in [3.05, 3.63) is 95.1 Å². The Labute approximate surface area is 220 Å². The molecule has 3 aromatic carbocycles. The van der Waals surface area contributed by atoms with Crippen LogP contribution in [0, 0.1) is 0 Å². The third kappa shape index (κ3) is 6.44. The van der Waals surface area contributed by atoms with Crippen LogP contribution in [-0.2, 0) is 27.4 Å². The maximum Gasteiger partial charge on any atom is 0.331 e. The Balaban J connectivity index is 1.50. The van der Waals surface area contributed by atoms with Gasteiger partial charge in [0, 0.05) is 24.7 Å². The fourth-order valence-corrected chi connectivity index (χ4v) is 3.95. The predicted octanol–water partition coefficient (Wildman–Crippen LogP) is 3.94. The van der Waals surface area contributed by atoms with E-state index in [9.17, 15) is 19.2 Å². The molecule has 5 amide bonds. The zero-order valence-electron chi connectivity index (χ0n) is 21.0. The minimum absolute atomic E-state index is 0.136. The van der Waals surface area contributed by atoms with Gasteiger partial charge < -0.3 is 14.8 Å². The minimum atomic E-state index is -0.746. The maximum atomic E-state index is 13.1. The topological polar surface area (TPSA) is 114 Å². The van der Waals surface area contributed by atoms with Crippen LogP contribution >= 0.6 is 0 Å². The van der Waals surface area contributed by atoms with Crippen LogP contribution < -0.4 is 20.1 Å². The standard InChI is InChI=1S/C29H27N3O6/c1-19(33)30-23-9-11-24(12-10-23)38-18-22-16-21(8-13-26(22)37-2)17-25-27(34)31-29(36)32(28(25)35)15-14-20-6-4-3-5-7-20/h3-13,16-17H,14-15,18H2,1-2H3,(H,30,33)(H,31,34,36)/b25-17+. The summed E-state index contributed by atoms with van der Waals surface area (Å²) in [5, 5.41) is 4.94. The van der Waals surface area contributed by atoms with Gasteiger partial charge in [0.2, 0.25) is 5.91 Å². The molecule has 1 aliphatic rings. The average molecular weight is 514 g/mol. The van der Waals surface area contributed by atoms with Gasteiger partial charge in [-0.3, -0.25) is 24.6 Å². The van der Waals surface area contributed by atoms with E-state index in [-0.39, 0.29) is 24.6 Å². The molecule has 194 valence electrons. The number of hydrogen-bond acceptors (Lipinski definition) is 6. The molecule has 9 nitrogen and oxygen atoms in total. The Kier molecular flexibility index (Phi) is 8.17. The second-order valence-electron chi connectivity index (χ2n) is 8.58. The third-order valence-electron chi connectivity index (χ3n) is 5.84. The van der Waals surface area contributed by atoms with Crippen molar-refractivity contribution in [2.75, 3.05) is 19.0 Å². The monoisotopic (exact) mass is 513 g/mol. The second kappa shape index (κ2) is 11.9. The van der Waals surface area contributed by atoms with Gasteiger partial charge in [0.1, 0.15) is 23.7 Å². The summed E-state index contributed by atoms with van der Waals surface area (Å²) in [4.78, 5) is 50.2. The number of methoxy groups -OCH3 is 1. The molecule has 0 radical (unpaired) electrons. The molecule has 3 aromatic rings. The van der Waals surface area contributed by atoms with E-state index in [1.54, 1.807) is 42.5 Å². The van der Waals surface area contributed by atoms with Crippen LogP contribution in [0.3, 0.4) is 0 Å². The summed E-state index contributed by atoms with van der Waals surface area (Å²) in [5.74, 6) is -0.407. The summed E-state index contributed by atoms with van der Waals surface area (Å²) in [6.07, 6.45) is 1.92. The number of imide groups is 2. The molecule has 0 unspecified atom stereocenters. The van der Waals surface area contributed by atoms with Crippen molar-refractivity contribution in [3.63, 3.8) is 0 Å². The summed E-state index contributed by atoms with van der Waals surface area (Å²) < 4.78 is 11.3. The van der Waals surface area contributed by atoms with E-state index in [1.165, 1.54) is 20.1 Å². The van der Waals surface area contributed by atoms with Gasteiger partial charge in [0.05, 0.1) is 7.11 Å². The van der Waals surface area contributed by atoms with Gasteiger partial charge in [-0.2, -0.15) is 0 Å². The highest BCUT2D eigenvalue weighted by atomic mass is 16.5. The molecule has 0 atom stereocenters. The van der Waals surface area contributed by atoms with Gasteiger partial charge in [0.25, 0.3) is 11.8 Å². The van der Waals surface area contributed by atoms with Crippen molar-refractivity contribution >= 4 is 35.5 Å². The molecular formula is C29H27N3O6. The molecule has 1 fully saturated rings.